The summed E-state index contributed by atoms with van der Waals surface area (Å²) in [5.74, 6) is 0.266. The van der Waals surface area contributed by atoms with E-state index in [-0.39, 0.29) is 5.82 Å². The number of alkyl halides is 3. The van der Waals surface area contributed by atoms with Gasteiger partial charge in [-0.2, -0.15) is 0 Å². The molecule has 0 aliphatic rings. The van der Waals surface area contributed by atoms with Crippen LogP contribution in [0.25, 0.3) is 0 Å². The third kappa shape index (κ3) is 3.09. The highest BCUT2D eigenvalue weighted by Crippen LogP contribution is 2.35. The van der Waals surface area contributed by atoms with Crippen molar-refractivity contribution in [2.24, 2.45) is 0 Å². The van der Waals surface area contributed by atoms with Crippen LogP contribution in [-0.4, -0.2) is 9.97 Å². The number of hydrogen-bond donors (Lipinski definition) is 1. The topological polar surface area (TPSA) is 28.7 Å². The molecular weight excluding hydrogens is 251 g/mol. The second kappa shape index (κ2) is 4.13. The lowest BCUT2D eigenvalue weighted by atomic mass is 10.3. The van der Waals surface area contributed by atoms with Crippen molar-refractivity contribution in [3.63, 3.8) is 0 Å². The Morgan fingerprint density at radius 3 is 2.62 bits per heavy atom. The fraction of sp³-hybridized carbons (Fsp3) is 0.429. The molecule has 1 heterocycles. The Hall–Kier alpha value is 0.170. The van der Waals surface area contributed by atoms with E-state index in [0.717, 1.165) is 12.1 Å². The fourth-order valence-electron chi connectivity index (χ4n) is 0.832. The molecule has 1 rings (SSSR count). The summed E-state index contributed by atoms with van der Waals surface area (Å²) < 4.78 is -1.12. The molecule has 0 saturated carbocycles. The van der Waals surface area contributed by atoms with E-state index >= 15 is 0 Å². The van der Waals surface area contributed by atoms with Gasteiger partial charge in [0.15, 0.2) is 5.82 Å². The van der Waals surface area contributed by atoms with Crippen LogP contribution in [0.5, 0.6) is 0 Å². The lowest BCUT2D eigenvalue weighted by Crippen LogP contribution is -2.08. The number of rotatable bonds is 1. The SMILES string of the molecule is CCc1cc(=S)nc(C(Cl)(Cl)Cl)[nH]1. The summed E-state index contributed by atoms with van der Waals surface area (Å²) in [6.07, 6.45) is 0.792. The minimum absolute atomic E-state index is 0.266. The first-order chi connectivity index (χ1) is 5.93. The molecular formula is C7H7Cl3N2S. The molecule has 0 bridgehead atoms. The quantitative estimate of drug-likeness (QED) is 0.616. The Morgan fingerprint density at radius 2 is 2.15 bits per heavy atom. The first-order valence-corrected chi connectivity index (χ1v) is 5.15. The van der Waals surface area contributed by atoms with Crippen molar-refractivity contribution in [2.45, 2.75) is 17.1 Å². The van der Waals surface area contributed by atoms with Gasteiger partial charge in [-0.05, 0) is 12.5 Å². The second-order valence-corrected chi connectivity index (χ2v) is 5.14. The van der Waals surface area contributed by atoms with Gasteiger partial charge in [0.1, 0.15) is 4.64 Å². The number of H-pyrrole nitrogens is 1. The third-order valence-corrected chi connectivity index (χ3v) is 2.19. The molecule has 72 valence electrons. The van der Waals surface area contributed by atoms with Crippen LogP contribution in [-0.2, 0) is 10.2 Å². The van der Waals surface area contributed by atoms with E-state index in [4.69, 9.17) is 47.0 Å². The van der Waals surface area contributed by atoms with Gasteiger partial charge in [-0.25, -0.2) is 4.98 Å². The van der Waals surface area contributed by atoms with Crippen molar-refractivity contribution in [1.82, 2.24) is 9.97 Å². The smallest absolute Gasteiger partial charge is 0.248 e. The minimum Gasteiger partial charge on any atom is -0.344 e. The number of halogens is 3. The van der Waals surface area contributed by atoms with Gasteiger partial charge in [0, 0.05) is 5.69 Å². The summed E-state index contributed by atoms with van der Waals surface area (Å²) in [5, 5.41) is 0. The maximum atomic E-state index is 5.65. The first-order valence-electron chi connectivity index (χ1n) is 3.61. The molecule has 1 N–H and O–H groups in total. The Balaban J connectivity index is 3.24. The van der Waals surface area contributed by atoms with Crippen LogP contribution in [0.3, 0.4) is 0 Å². The van der Waals surface area contributed by atoms with Crippen molar-refractivity contribution >= 4 is 47.0 Å². The van der Waals surface area contributed by atoms with Crippen molar-refractivity contribution in [3.8, 4) is 0 Å². The van der Waals surface area contributed by atoms with E-state index in [1.807, 2.05) is 6.92 Å². The van der Waals surface area contributed by atoms with Gasteiger partial charge in [0.25, 0.3) is 0 Å². The van der Waals surface area contributed by atoms with E-state index in [1.54, 1.807) is 6.07 Å². The molecule has 1 aromatic heterocycles. The van der Waals surface area contributed by atoms with Crippen LogP contribution >= 0.6 is 47.0 Å². The molecule has 0 aliphatic heterocycles. The van der Waals surface area contributed by atoms with Gasteiger partial charge in [-0.1, -0.05) is 53.9 Å². The molecule has 1 aromatic rings. The molecule has 2 nitrogen and oxygen atoms in total. The minimum atomic E-state index is -1.54. The zero-order valence-corrected chi connectivity index (χ0v) is 9.86. The molecule has 6 heteroatoms. The number of aromatic nitrogens is 2. The maximum Gasteiger partial charge on any atom is 0.248 e. The van der Waals surface area contributed by atoms with E-state index in [2.05, 4.69) is 9.97 Å². The summed E-state index contributed by atoms with van der Waals surface area (Å²) in [4.78, 5) is 6.82. The van der Waals surface area contributed by atoms with Gasteiger partial charge in [0.05, 0.1) is 0 Å². The van der Waals surface area contributed by atoms with Gasteiger partial charge >= 0.3 is 0 Å². The fourth-order valence-corrected chi connectivity index (χ4v) is 1.33. The van der Waals surface area contributed by atoms with Crippen LogP contribution in [0, 0.1) is 4.64 Å². The predicted octanol–water partition coefficient (Wildman–Crippen LogP) is 3.53. The predicted molar refractivity (Wildman–Crippen MR) is 58.0 cm³/mol. The van der Waals surface area contributed by atoms with E-state index in [9.17, 15) is 0 Å². The van der Waals surface area contributed by atoms with Crippen LogP contribution < -0.4 is 0 Å². The van der Waals surface area contributed by atoms with Crippen LogP contribution in [0.2, 0.25) is 0 Å². The summed E-state index contributed by atoms with van der Waals surface area (Å²) in [6, 6.07) is 1.75. The lowest BCUT2D eigenvalue weighted by molar-refractivity contribution is 0.897. The van der Waals surface area contributed by atoms with Gasteiger partial charge in [-0.3, -0.25) is 0 Å². The first kappa shape index (κ1) is 11.2. The molecule has 0 amide bonds. The molecule has 0 spiro atoms. The normalized spacial score (nSPS) is 11.7. The Morgan fingerprint density at radius 1 is 1.54 bits per heavy atom. The maximum absolute atomic E-state index is 5.65. The number of nitrogens with zero attached hydrogens (tertiary/aromatic N) is 1. The van der Waals surface area contributed by atoms with Crippen LogP contribution in [0.15, 0.2) is 6.07 Å². The largest absolute Gasteiger partial charge is 0.344 e. The molecule has 0 radical (unpaired) electrons. The van der Waals surface area contributed by atoms with E-state index in [1.165, 1.54) is 0 Å². The van der Waals surface area contributed by atoms with Gasteiger partial charge in [0.2, 0.25) is 3.79 Å². The van der Waals surface area contributed by atoms with Crippen molar-refractivity contribution in [2.75, 3.05) is 0 Å². The Bertz CT molecular complexity index is 355. The third-order valence-electron chi connectivity index (χ3n) is 1.45. The second-order valence-electron chi connectivity index (χ2n) is 2.44. The standard InChI is InChI=1S/C7H7Cl3N2S/c1-2-4-3-5(13)12-6(11-4)7(8,9)10/h3H,2H2,1H3,(H,11,12,13). The molecule has 0 fully saturated rings. The monoisotopic (exact) mass is 256 g/mol. The highest BCUT2D eigenvalue weighted by molar-refractivity contribution is 7.71. The van der Waals surface area contributed by atoms with Crippen molar-refractivity contribution in [3.05, 3.63) is 22.2 Å². The summed E-state index contributed by atoms with van der Waals surface area (Å²) in [7, 11) is 0. The molecule has 0 aromatic carbocycles. The van der Waals surface area contributed by atoms with E-state index in [0.29, 0.717) is 4.64 Å². The number of nitrogens with one attached hydrogen (secondary N) is 1. The Labute approximate surface area is 96.2 Å². The van der Waals surface area contributed by atoms with Gasteiger partial charge < -0.3 is 4.98 Å². The Kier molecular flexibility index (Phi) is 3.57. The number of hydrogen-bond acceptors (Lipinski definition) is 2. The van der Waals surface area contributed by atoms with Crippen molar-refractivity contribution in [1.29, 1.82) is 0 Å². The van der Waals surface area contributed by atoms with Crippen LogP contribution in [0.1, 0.15) is 18.4 Å². The average Bonchev–Trinajstić information content (AvgIpc) is 2.01. The zero-order valence-electron chi connectivity index (χ0n) is 6.77. The summed E-state index contributed by atoms with van der Waals surface area (Å²) in [5.41, 5.74) is 0.904. The number of aryl methyl sites for hydroxylation is 1. The average molecular weight is 258 g/mol. The lowest BCUT2D eigenvalue weighted by Gasteiger charge is -2.10. The molecule has 0 unspecified atom stereocenters. The number of aromatic amines is 1. The molecule has 13 heavy (non-hydrogen) atoms. The van der Waals surface area contributed by atoms with Gasteiger partial charge in [-0.15, -0.1) is 0 Å². The summed E-state index contributed by atoms with van der Waals surface area (Å²) >= 11 is 21.9. The van der Waals surface area contributed by atoms with Crippen molar-refractivity contribution < 1.29 is 0 Å². The molecule has 0 aliphatic carbocycles. The molecule has 0 atom stereocenters. The van der Waals surface area contributed by atoms with E-state index < -0.39 is 3.79 Å². The highest BCUT2D eigenvalue weighted by Gasteiger charge is 2.25. The van der Waals surface area contributed by atoms with Crippen LogP contribution in [0.4, 0.5) is 0 Å². The zero-order chi connectivity index (χ0) is 10.1. The summed E-state index contributed by atoms with van der Waals surface area (Å²) in [6.45, 7) is 1.97. The highest BCUT2D eigenvalue weighted by atomic mass is 35.6. The molecule has 0 saturated heterocycles.